The topological polar surface area (TPSA) is 103 Å². The fourth-order valence-electron chi connectivity index (χ4n) is 3.05. The maximum absolute atomic E-state index is 12.7. The summed E-state index contributed by atoms with van der Waals surface area (Å²) in [4.78, 5) is 37.9. The minimum atomic E-state index is -0.810. The standard InChI is InChI=1S/C18H22N2O6S/c1-3-25-18(23)20-16(22)14-11-5-4-10(2)8-13(11)27-17(14)19-15(21)12-9-24-6-7-26-12/h9-10H,3-8H2,1-2H3,(H,19,21)(H,20,22,23)/t10-/m1/s1. The molecular formula is C18H22N2O6S. The third-order valence-corrected chi connectivity index (χ3v) is 5.50. The van der Waals surface area contributed by atoms with Crippen molar-refractivity contribution >= 4 is 34.2 Å². The number of imide groups is 1. The van der Waals surface area contributed by atoms with Crippen LogP contribution >= 0.6 is 11.3 Å². The predicted molar refractivity (Wildman–Crippen MR) is 98.6 cm³/mol. The Morgan fingerprint density at radius 3 is 2.81 bits per heavy atom. The van der Waals surface area contributed by atoms with Crippen molar-refractivity contribution in [3.63, 3.8) is 0 Å². The van der Waals surface area contributed by atoms with Crippen LogP contribution in [-0.2, 0) is 31.8 Å². The van der Waals surface area contributed by atoms with Crippen molar-refractivity contribution in [3.8, 4) is 0 Å². The van der Waals surface area contributed by atoms with Crippen LogP contribution in [0, 0.1) is 5.92 Å². The molecule has 1 aliphatic carbocycles. The van der Waals surface area contributed by atoms with Crippen LogP contribution in [0.3, 0.4) is 0 Å². The van der Waals surface area contributed by atoms with Gasteiger partial charge in [0.25, 0.3) is 11.8 Å². The summed E-state index contributed by atoms with van der Waals surface area (Å²) >= 11 is 1.36. The Hall–Kier alpha value is -2.55. The van der Waals surface area contributed by atoms with Crippen molar-refractivity contribution in [2.75, 3.05) is 25.1 Å². The quantitative estimate of drug-likeness (QED) is 0.814. The molecule has 0 aromatic carbocycles. The third-order valence-electron chi connectivity index (χ3n) is 4.33. The predicted octanol–water partition coefficient (Wildman–Crippen LogP) is 2.59. The van der Waals surface area contributed by atoms with E-state index in [0.717, 1.165) is 29.7 Å². The fraction of sp³-hybridized carbons (Fsp3) is 0.500. The molecule has 0 saturated heterocycles. The first-order chi connectivity index (χ1) is 13.0. The molecule has 2 N–H and O–H groups in total. The van der Waals surface area contributed by atoms with Crippen molar-refractivity contribution in [2.45, 2.75) is 33.1 Å². The average Bonchev–Trinajstić information content (AvgIpc) is 2.99. The summed E-state index contributed by atoms with van der Waals surface area (Å²) in [5.74, 6) is -0.520. The van der Waals surface area contributed by atoms with Crippen LogP contribution in [-0.4, -0.2) is 37.7 Å². The van der Waals surface area contributed by atoms with Gasteiger partial charge in [0.2, 0.25) is 5.76 Å². The molecule has 1 aromatic heterocycles. The molecule has 146 valence electrons. The van der Waals surface area contributed by atoms with Gasteiger partial charge in [0.1, 0.15) is 24.5 Å². The SMILES string of the molecule is CCOC(=O)NC(=O)c1c(NC(=O)C2=COCCO2)sc2c1CC[C@@H](C)C2. The summed E-state index contributed by atoms with van der Waals surface area (Å²) in [6, 6.07) is 0. The molecule has 0 saturated carbocycles. The first-order valence-corrected chi connectivity index (χ1v) is 9.69. The smallest absolute Gasteiger partial charge is 0.414 e. The first-order valence-electron chi connectivity index (χ1n) is 8.88. The number of carbonyl (C=O) groups is 3. The molecule has 9 heteroatoms. The summed E-state index contributed by atoms with van der Waals surface area (Å²) in [5.41, 5.74) is 1.20. The Morgan fingerprint density at radius 2 is 2.11 bits per heavy atom. The Morgan fingerprint density at radius 1 is 1.30 bits per heavy atom. The largest absolute Gasteiger partial charge is 0.494 e. The zero-order valence-corrected chi connectivity index (χ0v) is 16.1. The van der Waals surface area contributed by atoms with E-state index in [1.54, 1.807) is 6.92 Å². The lowest BCUT2D eigenvalue weighted by Gasteiger charge is -2.18. The maximum Gasteiger partial charge on any atom is 0.414 e. The molecule has 1 aromatic rings. The average molecular weight is 394 g/mol. The second kappa shape index (κ2) is 8.43. The van der Waals surface area contributed by atoms with Gasteiger partial charge in [0.05, 0.1) is 12.2 Å². The lowest BCUT2D eigenvalue weighted by atomic mass is 9.88. The second-order valence-corrected chi connectivity index (χ2v) is 7.49. The molecule has 0 radical (unpaired) electrons. The fourth-order valence-corrected chi connectivity index (χ4v) is 4.46. The third kappa shape index (κ3) is 4.41. The normalized spacial score (nSPS) is 18.3. The molecule has 0 bridgehead atoms. The van der Waals surface area contributed by atoms with E-state index in [0.29, 0.717) is 23.1 Å². The minimum absolute atomic E-state index is 0.0535. The number of hydrogen-bond acceptors (Lipinski definition) is 7. The molecule has 0 fully saturated rings. The number of alkyl carbamates (subject to hydrolysis) is 1. The molecule has 1 atom stereocenters. The highest BCUT2D eigenvalue weighted by Crippen LogP contribution is 2.39. The number of rotatable bonds is 4. The Kier molecular flexibility index (Phi) is 6.00. The molecule has 27 heavy (non-hydrogen) atoms. The van der Waals surface area contributed by atoms with Crippen molar-refractivity contribution in [2.24, 2.45) is 5.92 Å². The van der Waals surface area contributed by atoms with Crippen molar-refractivity contribution in [3.05, 3.63) is 28.0 Å². The van der Waals surface area contributed by atoms with E-state index < -0.39 is 17.9 Å². The van der Waals surface area contributed by atoms with Gasteiger partial charge < -0.3 is 19.5 Å². The Bertz CT molecular complexity index is 785. The van der Waals surface area contributed by atoms with E-state index in [9.17, 15) is 14.4 Å². The summed E-state index contributed by atoms with van der Waals surface area (Å²) < 4.78 is 15.2. The number of fused-ring (bicyclic) bond motifs is 1. The monoisotopic (exact) mass is 394 g/mol. The molecule has 8 nitrogen and oxygen atoms in total. The van der Waals surface area contributed by atoms with Crippen LogP contribution in [0.5, 0.6) is 0 Å². The zero-order chi connectivity index (χ0) is 19.4. The summed E-state index contributed by atoms with van der Waals surface area (Å²) in [5, 5.41) is 5.35. The van der Waals surface area contributed by atoms with Gasteiger partial charge in [-0.2, -0.15) is 0 Å². The summed E-state index contributed by atoms with van der Waals surface area (Å²) in [7, 11) is 0. The number of ether oxygens (including phenoxy) is 3. The van der Waals surface area contributed by atoms with Gasteiger partial charge in [-0.05, 0) is 37.7 Å². The van der Waals surface area contributed by atoms with Crippen LogP contribution in [0.2, 0.25) is 0 Å². The molecule has 2 heterocycles. The number of nitrogens with one attached hydrogen (secondary N) is 2. The zero-order valence-electron chi connectivity index (χ0n) is 15.3. The van der Waals surface area contributed by atoms with Crippen molar-refractivity contribution < 1.29 is 28.6 Å². The molecular weight excluding hydrogens is 372 g/mol. The van der Waals surface area contributed by atoms with Crippen LogP contribution < -0.4 is 10.6 Å². The molecule has 2 aliphatic rings. The number of anilines is 1. The number of carbonyl (C=O) groups excluding carboxylic acids is 3. The molecule has 0 unspecified atom stereocenters. The van der Waals surface area contributed by atoms with Crippen molar-refractivity contribution in [1.29, 1.82) is 0 Å². The number of amides is 3. The van der Waals surface area contributed by atoms with Gasteiger partial charge in [-0.15, -0.1) is 11.3 Å². The molecule has 3 rings (SSSR count). The van der Waals surface area contributed by atoms with E-state index in [2.05, 4.69) is 17.6 Å². The molecule has 1 aliphatic heterocycles. The highest BCUT2D eigenvalue weighted by atomic mass is 32.1. The van der Waals surface area contributed by atoms with Gasteiger partial charge in [-0.1, -0.05) is 6.92 Å². The van der Waals surface area contributed by atoms with E-state index in [4.69, 9.17) is 14.2 Å². The highest BCUT2D eigenvalue weighted by molar-refractivity contribution is 7.17. The van der Waals surface area contributed by atoms with Crippen molar-refractivity contribution in [1.82, 2.24) is 5.32 Å². The molecule has 3 amide bonds. The van der Waals surface area contributed by atoms with Gasteiger partial charge in [0, 0.05) is 4.88 Å². The lowest BCUT2D eigenvalue weighted by Crippen LogP contribution is -2.32. The summed E-state index contributed by atoms with van der Waals surface area (Å²) in [6.07, 6.45) is 2.94. The van der Waals surface area contributed by atoms with Gasteiger partial charge >= 0.3 is 6.09 Å². The first kappa shape index (κ1) is 19.2. The second-order valence-electron chi connectivity index (χ2n) is 6.39. The van der Waals surface area contributed by atoms with Crippen LogP contribution in [0.25, 0.3) is 0 Å². The molecule has 0 spiro atoms. The van der Waals surface area contributed by atoms with E-state index in [1.807, 2.05) is 0 Å². The van der Waals surface area contributed by atoms with E-state index in [-0.39, 0.29) is 19.0 Å². The highest BCUT2D eigenvalue weighted by Gasteiger charge is 2.30. The van der Waals surface area contributed by atoms with E-state index >= 15 is 0 Å². The summed E-state index contributed by atoms with van der Waals surface area (Å²) in [6.45, 7) is 4.64. The lowest BCUT2D eigenvalue weighted by molar-refractivity contribution is -0.117. The van der Waals surface area contributed by atoms with Crippen LogP contribution in [0.4, 0.5) is 9.80 Å². The van der Waals surface area contributed by atoms with Gasteiger partial charge in [-0.25, -0.2) is 4.79 Å². The van der Waals surface area contributed by atoms with Gasteiger partial charge in [0.15, 0.2) is 0 Å². The number of hydrogen-bond donors (Lipinski definition) is 2. The van der Waals surface area contributed by atoms with Crippen LogP contribution in [0.15, 0.2) is 12.0 Å². The minimum Gasteiger partial charge on any atom is -0.494 e. The Labute approximate surface area is 160 Å². The Balaban J connectivity index is 1.87. The van der Waals surface area contributed by atoms with Gasteiger partial charge in [-0.3, -0.25) is 14.9 Å². The number of thiophene rings is 1. The maximum atomic E-state index is 12.7. The van der Waals surface area contributed by atoms with E-state index in [1.165, 1.54) is 17.6 Å². The van der Waals surface area contributed by atoms with Crippen LogP contribution in [0.1, 0.15) is 41.1 Å².